The lowest BCUT2D eigenvalue weighted by Crippen LogP contribution is -2.25. The maximum Gasteiger partial charge on any atom is 0.296 e. The molecule has 0 aromatic carbocycles. The average molecular weight is 318 g/mol. The van der Waals surface area contributed by atoms with Crippen LogP contribution in [0.4, 0.5) is 0 Å². The number of hydrogen-bond acceptors (Lipinski definition) is 3. The van der Waals surface area contributed by atoms with Gasteiger partial charge in [-0.15, -0.1) is 0 Å². The second kappa shape index (κ2) is 3.92. The number of hydrogen-bond donors (Lipinski definition) is 0. The van der Waals surface area contributed by atoms with E-state index in [1.165, 1.54) is 0 Å². The molecular formula is C9H11IN4O. The van der Waals surface area contributed by atoms with E-state index < -0.39 is 0 Å². The Morgan fingerprint density at radius 2 is 2.27 bits per heavy atom. The summed E-state index contributed by atoms with van der Waals surface area (Å²) < 4.78 is 4.00. The van der Waals surface area contributed by atoms with E-state index >= 15 is 0 Å². The predicted octanol–water partition coefficient (Wildman–Crippen LogP) is 1.15. The lowest BCUT2D eigenvalue weighted by molar-refractivity contribution is 0.500. The van der Waals surface area contributed by atoms with Crippen LogP contribution in [0.1, 0.15) is 13.8 Å². The van der Waals surface area contributed by atoms with Crippen molar-refractivity contribution < 1.29 is 0 Å². The molecule has 0 unspecified atom stereocenters. The van der Waals surface area contributed by atoms with Gasteiger partial charge in [-0.1, -0.05) is 13.8 Å². The van der Waals surface area contributed by atoms with Crippen LogP contribution in [0, 0.1) is 9.62 Å². The van der Waals surface area contributed by atoms with Crippen LogP contribution >= 0.6 is 22.6 Å². The summed E-state index contributed by atoms with van der Waals surface area (Å²) in [6, 6.07) is 0. The molecule has 0 aliphatic rings. The second-order valence-corrected chi connectivity index (χ2v) is 4.90. The quantitative estimate of drug-likeness (QED) is 0.781. The lowest BCUT2D eigenvalue weighted by atomic mass is 10.2. The van der Waals surface area contributed by atoms with Gasteiger partial charge in [0.2, 0.25) is 5.65 Å². The van der Waals surface area contributed by atoms with E-state index in [2.05, 4.69) is 46.5 Å². The molecule has 5 nitrogen and oxygen atoms in total. The fraction of sp³-hybridized carbons (Fsp3) is 0.444. The van der Waals surface area contributed by atoms with Gasteiger partial charge in [0.05, 0.1) is 6.20 Å². The van der Waals surface area contributed by atoms with Gasteiger partial charge in [-0.25, -0.2) is 9.50 Å². The Labute approximate surface area is 100 Å². The Bertz CT molecular complexity index is 543. The van der Waals surface area contributed by atoms with Gasteiger partial charge in [0.1, 0.15) is 10.0 Å². The standard InChI is InChI=1S/C9H11IN4O/c1-6(2)4-13-5-12-14-7(10)3-11-8(14)9(13)15/h3,5-6H,4H2,1-2H3. The first kappa shape index (κ1) is 10.6. The zero-order chi connectivity index (χ0) is 11.0. The van der Waals surface area contributed by atoms with E-state index in [9.17, 15) is 4.79 Å². The van der Waals surface area contributed by atoms with Crippen molar-refractivity contribution in [1.82, 2.24) is 19.2 Å². The van der Waals surface area contributed by atoms with Crippen LogP contribution in [0.25, 0.3) is 5.65 Å². The molecule has 0 aliphatic heterocycles. The predicted molar refractivity (Wildman–Crippen MR) is 64.8 cm³/mol. The highest BCUT2D eigenvalue weighted by atomic mass is 127. The van der Waals surface area contributed by atoms with E-state index in [-0.39, 0.29) is 5.56 Å². The third kappa shape index (κ3) is 1.90. The molecule has 2 heterocycles. The molecule has 15 heavy (non-hydrogen) atoms. The summed E-state index contributed by atoms with van der Waals surface area (Å²) in [5, 5.41) is 4.16. The molecule has 0 saturated heterocycles. The highest BCUT2D eigenvalue weighted by molar-refractivity contribution is 14.1. The average Bonchev–Trinajstić information content (AvgIpc) is 2.53. The van der Waals surface area contributed by atoms with Gasteiger partial charge < -0.3 is 0 Å². The Hall–Kier alpha value is -0.920. The Morgan fingerprint density at radius 3 is 2.93 bits per heavy atom. The summed E-state index contributed by atoms with van der Waals surface area (Å²) in [5.41, 5.74) is 0.309. The van der Waals surface area contributed by atoms with E-state index in [1.54, 1.807) is 21.6 Å². The lowest BCUT2D eigenvalue weighted by Gasteiger charge is -2.07. The summed E-state index contributed by atoms with van der Waals surface area (Å²) in [6.45, 7) is 4.80. The number of aromatic nitrogens is 4. The Kier molecular flexibility index (Phi) is 2.76. The van der Waals surface area contributed by atoms with Gasteiger partial charge in [-0.3, -0.25) is 9.36 Å². The zero-order valence-corrected chi connectivity index (χ0v) is 10.7. The van der Waals surface area contributed by atoms with Crippen molar-refractivity contribution >= 4 is 28.2 Å². The van der Waals surface area contributed by atoms with Gasteiger partial charge in [0.15, 0.2) is 0 Å². The topological polar surface area (TPSA) is 52.2 Å². The molecular weight excluding hydrogens is 307 g/mol. The zero-order valence-electron chi connectivity index (χ0n) is 8.51. The first-order valence-corrected chi connectivity index (χ1v) is 5.76. The summed E-state index contributed by atoms with van der Waals surface area (Å²) in [5.74, 6) is 0.418. The Morgan fingerprint density at radius 1 is 1.53 bits per heavy atom. The molecule has 0 spiro atoms. The largest absolute Gasteiger partial charge is 0.296 e. The van der Waals surface area contributed by atoms with Crippen LogP contribution in [-0.4, -0.2) is 19.2 Å². The minimum Gasteiger partial charge on any atom is -0.294 e. The molecule has 0 amide bonds. The number of halogens is 1. The highest BCUT2D eigenvalue weighted by Crippen LogP contribution is 2.03. The van der Waals surface area contributed by atoms with Crippen LogP contribution in [0.15, 0.2) is 17.3 Å². The van der Waals surface area contributed by atoms with Crippen LogP contribution in [0.5, 0.6) is 0 Å². The molecule has 0 aliphatic carbocycles. The van der Waals surface area contributed by atoms with E-state index in [4.69, 9.17) is 0 Å². The fourth-order valence-electron chi connectivity index (χ4n) is 1.40. The van der Waals surface area contributed by atoms with Gasteiger partial charge in [0, 0.05) is 6.54 Å². The van der Waals surface area contributed by atoms with Crippen molar-refractivity contribution in [3.05, 3.63) is 26.6 Å². The van der Waals surface area contributed by atoms with Crippen molar-refractivity contribution in [3.63, 3.8) is 0 Å². The van der Waals surface area contributed by atoms with Crippen molar-refractivity contribution in [1.29, 1.82) is 0 Å². The maximum atomic E-state index is 11.9. The normalized spacial score (nSPS) is 11.5. The van der Waals surface area contributed by atoms with Crippen molar-refractivity contribution in [2.75, 3.05) is 0 Å². The second-order valence-electron chi connectivity index (χ2n) is 3.80. The molecule has 0 saturated carbocycles. The monoisotopic (exact) mass is 318 g/mol. The highest BCUT2D eigenvalue weighted by Gasteiger charge is 2.08. The van der Waals surface area contributed by atoms with Gasteiger partial charge in [0.25, 0.3) is 5.56 Å². The fourth-order valence-corrected chi connectivity index (χ4v) is 1.89. The molecule has 0 radical (unpaired) electrons. The molecule has 6 heteroatoms. The molecule has 0 fully saturated rings. The minimum atomic E-state index is -0.0818. The minimum absolute atomic E-state index is 0.0818. The van der Waals surface area contributed by atoms with Crippen LogP contribution in [0.2, 0.25) is 0 Å². The van der Waals surface area contributed by atoms with Gasteiger partial charge >= 0.3 is 0 Å². The van der Waals surface area contributed by atoms with Crippen molar-refractivity contribution in [3.8, 4) is 0 Å². The molecule has 2 aromatic heterocycles. The molecule has 80 valence electrons. The summed E-state index contributed by atoms with van der Waals surface area (Å²) in [4.78, 5) is 16.0. The Balaban J connectivity index is 2.61. The van der Waals surface area contributed by atoms with E-state index in [1.807, 2.05) is 0 Å². The molecule has 2 aromatic rings. The first-order chi connectivity index (χ1) is 7.09. The van der Waals surface area contributed by atoms with Crippen molar-refractivity contribution in [2.24, 2.45) is 5.92 Å². The van der Waals surface area contributed by atoms with Crippen molar-refractivity contribution in [2.45, 2.75) is 20.4 Å². The maximum absolute atomic E-state index is 11.9. The number of nitrogens with zero attached hydrogens (tertiary/aromatic N) is 4. The van der Waals surface area contributed by atoms with Gasteiger partial charge in [-0.2, -0.15) is 5.10 Å². The summed E-state index contributed by atoms with van der Waals surface area (Å²) in [6.07, 6.45) is 3.21. The smallest absolute Gasteiger partial charge is 0.294 e. The third-order valence-corrected chi connectivity index (χ3v) is 2.75. The van der Waals surface area contributed by atoms with Crippen LogP contribution in [0.3, 0.4) is 0 Å². The van der Waals surface area contributed by atoms with E-state index in [0.29, 0.717) is 18.1 Å². The molecule has 0 N–H and O–H groups in total. The first-order valence-electron chi connectivity index (χ1n) is 4.68. The number of fused-ring (bicyclic) bond motifs is 1. The summed E-state index contributed by atoms with van der Waals surface area (Å²) in [7, 11) is 0. The number of rotatable bonds is 2. The van der Waals surface area contributed by atoms with E-state index in [0.717, 1.165) is 3.70 Å². The third-order valence-electron chi connectivity index (χ3n) is 2.02. The van der Waals surface area contributed by atoms with Gasteiger partial charge in [-0.05, 0) is 28.5 Å². The molecule has 0 atom stereocenters. The van der Waals surface area contributed by atoms with Crippen LogP contribution in [-0.2, 0) is 6.54 Å². The SMILES string of the molecule is CC(C)Cn1cnn2c(I)cnc2c1=O. The molecule has 0 bridgehead atoms. The summed E-state index contributed by atoms with van der Waals surface area (Å²) >= 11 is 2.10. The van der Waals surface area contributed by atoms with Crippen LogP contribution < -0.4 is 5.56 Å². The molecule has 2 rings (SSSR count). The number of imidazole rings is 1.